The van der Waals surface area contributed by atoms with Gasteiger partial charge < -0.3 is 0 Å². The van der Waals surface area contributed by atoms with Crippen molar-refractivity contribution in [3.05, 3.63) is 71.0 Å². The summed E-state index contributed by atoms with van der Waals surface area (Å²) in [7, 11) is 0. The molecule has 0 N–H and O–H groups in total. The number of benzene rings is 2. The van der Waals surface area contributed by atoms with E-state index in [0.717, 1.165) is 17.4 Å². The number of nitrogens with zero attached hydrogens (tertiary/aromatic N) is 1. The van der Waals surface area contributed by atoms with E-state index in [9.17, 15) is 4.39 Å². The summed E-state index contributed by atoms with van der Waals surface area (Å²) in [5.41, 5.74) is 4.44. The summed E-state index contributed by atoms with van der Waals surface area (Å²) in [6, 6.07) is 11.8. The highest BCUT2D eigenvalue weighted by molar-refractivity contribution is 7.78. The van der Waals surface area contributed by atoms with Crippen molar-refractivity contribution in [2.24, 2.45) is 16.8 Å². The fourth-order valence-electron chi connectivity index (χ4n) is 4.63. The summed E-state index contributed by atoms with van der Waals surface area (Å²) >= 11 is 4.62. The normalized spacial score (nSPS) is 20.6. The minimum Gasteiger partial charge on any atom is -0.205 e. The van der Waals surface area contributed by atoms with Crippen LogP contribution in [0, 0.1) is 29.5 Å². The molecule has 2 aliphatic carbocycles. The number of isothiocyanates is 1. The van der Waals surface area contributed by atoms with Gasteiger partial charge in [-0.1, -0.05) is 30.6 Å². The molecular weight excluding hydrogens is 389 g/mol. The van der Waals surface area contributed by atoms with E-state index in [1.165, 1.54) is 50.2 Å². The first-order valence-corrected chi connectivity index (χ1v) is 11.1. The van der Waals surface area contributed by atoms with Crippen LogP contribution < -0.4 is 0 Å². The third-order valence-electron chi connectivity index (χ3n) is 6.47. The smallest absolute Gasteiger partial charge is 0.151 e. The molecule has 0 spiro atoms. The van der Waals surface area contributed by atoms with E-state index in [1.807, 2.05) is 6.92 Å². The van der Waals surface area contributed by atoms with Gasteiger partial charge in [-0.2, -0.15) is 4.99 Å². The SMILES string of the molecule is C=C(C)c1cc(C#Cc2ccc(C3CCC(C4CC4)CC3)cc2)cc(F)c1N=C=S. The van der Waals surface area contributed by atoms with Crippen LogP contribution in [0.1, 0.15) is 73.6 Å². The molecule has 0 bridgehead atoms. The Kier molecular flexibility index (Phi) is 6.28. The van der Waals surface area contributed by atoms with E-state index < -0.39 is 5.82 Å². The minimum absolute atomic E-state index is 0.170. The second-order valence-corrected chi connectivity index (χ2v) is 8.84. The van der Waals surface area contributed by atoms with Gasteiger partial charge in [0, 0.05) is 16.7 Å². The third-order valence-corrected chi connectivity index (χ3v) is 6.57. The fourth-order valence-corrected chi connectivity index (χ4v) is 4.72. The highest BCUT2D eigenvalue weighted by Crippen LogP contribution is 2.47. The van der Waals surface area contributed by atoms with Gasteiger partial charge in [0.2, 0.25) is 0 Å². The number of thiocarbonyl (C=S) groups is 1. The summed E-state index contributed by atoms with van der Waals surface area (Å²) in [5.74, 6) is 8.46. The second-order valence-electron chi connectivity index (χ2n) is 8.66. The predicted octanol–water partition coefficient (Wildman–Crippen LogP) is 7.68. The quantitative estimate of drug-likeness (QED) is 0.283. The molecule has 0 aliphatic heterocycles. The lowest BCUT2D eigenvalue weighted by Gasteiger charge is -2.28. The molecule has 0 unspecified atom stereocenters. The molecule has 2 aliphatic rings. The Morgan fingerprint density at radius 2 is 1.57 bits per heavy atom. The molecule has 152 valence electrons. The lowest BCUT2D eigenvalue weighted by molar-refractivity contribution is 0.296. The summed E-state index contributed by atoms with van der Waals surface area (Å²) in [6.07, 6.45) is 8.32. The van der Waals surface area contributed by atoms with E-state index in [2.05, 4.69) is 65.1 Å². The summed E-state index contributed by atoms with van der Waals surface area (Å²) in [4.78, 5) is 3.84. The van der Waals surface area contributed by atoms with Crippen molar-refractivity contribution in [3.63, 3.8) is 0 Å². The zero-order valence-corrected chi connectivity index (χ0v) is 18.2. The van der Waals surface area contributed by atoms with E-state index in [4.69, 9.17) is 0 Å². The van der Waals surface area contributed by atoms with E-state index in [1.54, 1.807) is 6.07 Å². The van der Waals surface area contributed by atoms with Gasteiger partial charge in [-0.3, -0.25) is 0 Å². The second kappa shape index (κ2) is 9.09. The summed E-state index contributed by atoms with van der Waals surface area (Å²) in [6.45, 7) is 5.71. The number of hydrogen-bond acceptors (Lipinski definition) is 2. The molecule has 0 aromatic heterocycles. The molecule has 0 radical (unpaired) electrons. The lowest BCUT2D eigenvalue weighted by Crippen LogP contribution is -2.14. The molecule has 3 heteroatoms. The number of allylic oxidation sites excluding steroid dienone is 1. The van der Waals surface area contributed by atoms with Crippen LogP contribution in [0.5, 0.6) is 0 Å². The molecular formula is C27H26FNS. The highest BCUT2D eigenvalue weighted by Gasteiger charge is 2.34. The van der Waals surface area contributed by atoms with Crippen molar-refractivity contribution in [1.29, 1.82) is 0 Å². The average molecular weight is 416 g/mol. The average Bonchev–Trinajstić information content (AvgIpc) is 3.60. The van der Waals surface area contributed by atoms with Crippen molar-refractivity contribution in [1.82, 2.24) is 0 Å². The first kappa shape index (κ1) is 20.7. The maximum atomic E-state index is 14.4. The van der Waals surface area contributed by atoms with E-state index in [-0.39, 0.29) is 5.69 Å². The zero-order chi connectivity index (χ0) is 21.1. The Hall–Kier alpha value is -2.53. The Labute approximate surface area is 184 Å². The highest BCUT2D eigenvalue weighted by atomic mass is 32.1. The molecule has 2 fully saturated rings. The van der Waals surface area contributed by atoms with Crippen LogP contribution in [0.3, 0.4) is 0 Å². The molecule has 1 nitrogen and oxygen atoms in total. The number of aliphatic imine (C=N–C) groups is 1. The van der Waals surface area contributed by atoms with Crippen LogP contribution in [0.4, 0.5) is 10.1 Å². The number of rotatable bonds is 4. The molecule has 0 saturated heterocycles. The Balaban J connectivity index is 1.48. The van der Waals surface area contributed by atoms with Gasteiger partial charge in [0.15, 0.2) is 5.82 Å². The van der Waals surface area contributed by atoms with Gasteiger partial charge in [-0.15, -0.1) is 0 Å². The number of hydrogen-bond donors (Lipinski definition) is 0. The summed E-state index contributed by atoms with van der Waals surface area (Å²) < 4.78 is 14.4. The maximum absolute atomic E-state index is 14.4. The van der Waals surface area contributed by atoms with Crippen LogP contribution in [0.15, 0.2) is 48.0 Å². The number of halogens is 1. The monoisotopic (exact) mass is 415 g/mol. The lowest BCUT2D eigenvalue weighted by atomic mass is 9.77. The van der Waals surface area contributed by atoms with Crippen molar-refractivity contribution < 1.29 is 4.39 Å². The molecule has 2 aromatic carbocycles. The van der Waals surface area contributed by atoms with Crippen LogP contribution in [0.25, 0.3) is 5.57 Å². The Morgan fingerprint density at radius 3 is 2.13 bits per heavy atom. The van der Waals surface area contributed by atoms with E-state index >= 15 is 0 Å². The van der Waals surface area contributed by atoms with Gasteiger partial charge in [0.1, 0.15) is 5.69 Å². The molecule has 0 atom stereocenters. The summed E-state index contributed by atoms with van der Waals surface area (Å²) in [5, 5.41) is 2.23. The Bertz CT molecular complexity index is 1050. The van der Waals surface area contributed by atoms with Crippen LogP contribution in [0.2, 0.25) is 0 Å². The largest absolute Gasteiger partial charge is 0.205 e. The van der Waals surface area contributed by atoms with Crippen LogP contribution in [-0.2, 0) is 0 Å². The van der Waals surface area contributed by atoms with E-state index in [0.29, 0.717) is 22.6 Å². The third kappa shape index (κ3) is 4.78. The molecule has 4 rings (SSSR count). The van der Waals surface area contributed by atoms with Gasteiger partial charge >= 0.3 is 0 Å². The van der Waals surface area contributed by atoms with Crippen LogP contribution >= 0.6 is 12.2 Å². The zero-order valence-electron chi connectivity index (χ0n) is 17.4. The van der Waals surface area contributed by atoms with Gasteiger partial charge in [-0.25, -0.2) is 4.39 Å². The van der Waals surface area contributed by atoms with Crippen molar-refractivity contribution in [2.75, 3.05) is 0 Å². The maximum Gasteiger partial charge on any atom is 0.151 e. The van der Waals surface area contributed by atoms with Crippen molar-refractivity contribution in [2.45, 2.75) is 51.4 Å². The van der Waals surface area contributed by atoms with Crippen molar-refractivity contribution in [3.8, 4) is 11.8 Å². The molecule has 0 amide bonds. The molecule has 2 aromatic rings. The molecule has 30 heavy (non-hydrogen) atoms. The van der Waals surface area contributed by atoms with Gasteiger partial charge in [-0.05, 0) is 111 Å². The topological polar surface area (TPSA) is 12.4 Å². The van der Waals surface area contributed by atoms with Gasteiger partial charge in [0.05, 0.1) is 5.16 Å². The molecule has 2 saturated carbocycles. The van der Waals surface area contributed by atoms with Crippen LogP contribution in [-0.4, -0.2) is 5.16 Å². The Morgan fingerprint density at radius 1 is 0.967 bits per heavy atom. The van der Waals surface area contributed by atoms with Crippen molar-refractivity contribution >= 4 is 28.6 Å². The van der Waals surface area contributed by atoms with Gasteiger partial charge in [0.25, 0.3) is 0 Å². The predicted molar refractivity (Wildman–Crippen MR) is 126 cm³/mol. The standard InChI is InChI=1S/C27H26FNS/c1-18(2)25-15-20(16-26(28)27(25)29-17-30)4-3-19-5-7-21(8-6-19)22-9-11-23(12-10-22)24-13-14-24/h5-8,15-16,22-24H,1,9-14H2,2H3. The fraction of sp³-hybridized carbons (Fsp3) is 0.370. The molecule has 0 heterocycles. The first-order chi connectivity index (χ1) is 14.5. The minimum atomic E-state index is -0.464. The first-order valence-electron chi connectivity index (χ1n) is 10.7.